The largest absolute Gasteiger partial charge is 0.497 e. The van der Waals surface area contributed by atoms with E-state index in [2.05, 4.69) is 10.3 Å². The van der Waals surface area contributed by atoms with Crippen molar-refractivity contribution in [1.29, 1.82) is 0 Å². The van der Waals surface area contributed by atoms with Crippen molar-refractivity contribution in [3.05, 3.63) is 117 Å². The van der Waals surface area contributed by atoms with Gasteiger partial charge in [0.1, 0.15) is 10.8 Å². The summed E-state index contributed by atoms with van der Waals surface area (Å²) in [6.45, 7) is 3.26. The van der Waals surface area contributed by atoms with Crippen LogP contribution in [0.4, 0.5) is 0 Å². The number of aryl methyl sites for hydroxylation is 1. The summed E-state index contributed by atoms with van der Waals surface area (Å²) in [5, 5.41) is 17.2. The van der Waals surface area contributed by atoms with Gasteiger partial charge in [0.05, 0.1) is 25.8 Å². The van der Waals surface area contributed by atoms with Crippen molar-refractivity contribution >= 4 is 23.2 Å². The van der Waals surface area contributed by atoms with E-state index in [0.717, 1.165) is 27.6 Å². The Hall–Kier alpha value is -4.05. The lowest BCUT2D eigenvalue weighted by Crippen LogP contribution is -2.49. The maximum absolute atomic E-state index is 13.5. The number of aromatic nitrogens is 1. The van der Waals surface area contributed by atoms with E-state index in [1.807, 2.05) is 78.8 Å². The fourth-order valence-corrected chi connectivity index (χ4v) is 5.58. The van der Waals surface area contributed by atoms with Crippen molar-refractivity contribution in [1.82, 2.24) is 20.1 Å². The number of hydrogen-bond donors (Lipinski definition) is 2. The van der Waals surface area contributed by atoms with Gasteiger partial charge in [-0.25, -0.2) is 4.98 Å². The number of nitrogens with one attached hydrogen (secondary N) is 1. The van der Waals surface area contributed by atoms with Crippen molar-refractivity contribution in [2.24, 2.45) is 0 Å². The quantitative estimate of drug-likeness (QED) is 0.239. The summed E-state index contributed by atoms with van der Waals surface area (Å²) in [7, 11) is 5.29. The minimum absolute atomic E-state index is 0.197. The fourth-order valence-electron chi connectivity index (χ4n) is 4.76. The SMILES string of the molecule is COc1cccc(CN(C)C[C@@H](O)[C@H](Cc2ccccc2)NC(=O)c2cccc(C(=O)N(C)Cc3nc(C)cs3)c2)c1. The molecule has 0 saturated heterocycles. The highest BCUT2D eigenvalue weighted by Crippen LogP contribution is 2.17. The molecule has 0 aliphatic carbocycles. The third kappa shape index (κ3) is 8.72. The number of carbonyl (C=O) groups is 2. The number of benzene rings is 3. The Balaban J connectivity index is 1.45. The van der Waals surface area contributed by atoms with Gasteiger partial charge in [0.25, 0.3) is 11.8 Å². The van der Waals surface area contributed by atoms with Crippen molar-refractivity contribution in [3.8, 4) is 5.75 Å². The zero-order valence-corrected chi connectivity index (χ0v) is 25.3. The molecule has 2 amide bonds. The second-order valence-electron chi connectivity index (χ2n) is 10.5. The minimum Gasteiger partial charge on any atom is -0.497 e. The Morgan fingerprint density at radius 2 is 1.67 bits per heavy atom. The minimum atomic E-state index is -0.845. The zero-order valence-electron chi connectivity index (χ0n) is 24.5. The number of rotatable bonds is 13. The van der Waals surface area contributed by atoms with E-state index in [0.29, 0.717) is 37.2 Å². The highest BCUT2D eigenvalue weighted by molar-refractivity contribution is 7.09. The lowest BCUT2D eigenvalue weighted by atomic mass is 9.99. The molecule has 42 heavy (non-hydrogen) atoms. The predicted octanol–water partition coefficient (Wildman–Crippen LogP) is 4.57. The van der Waals surface area contributed by atoms with Crippen LogP contribution >= 0.6 is 11.3 Å². The first-order valence-electron chi connectivity index (χ1n) is 13.8. The van der Waals surface area contributed by atoms with Gasteiger partial charge in [0, 0.05) is 42.3 Å². The fraction of sp³-hybridized carbons (Fsp3) is 0.303. The highest BCUT2D eigenvalue weighted by Gasteiger charge is 2.24. The highest BCUT2D eigenvalue weighted by atomic mass is 32.1. The van der Waals surface area contributed by atoms with Crippen LogP contribution in [0.25, 0.3) is 0 Å². The Morgan fingerprint density at radius 1 is 0.952 bits per heavy atom. The van der Waals surface area contributed by atoms with Gasteiger partial charge in [-0.3, -0.25) is 14.5 Å². The summed E-state index contributed by atoms with van der Waals surface area (Å²) in [4.78, 5) is 34.6. The molecule has 0 radical (unpaired) electrons. The van der Waals surface area contributed by atoms with Crippen LogP contribution in [0, 0.1) is 6.92 Å². The second kappa shape index (κ2) is 14.7. The average Bonchev–Trinajstić information content (AvgIpc) is 3.40. The van der Waals surface area contributed by atoms with E-state index in [-0.39, 0.29) is 11.8 Å². The number of nitrogens with zero attached hydrogens (tertiary/aromatic N) is 3. The molecule has 0 bridgehead atoms. The van der Waals surface area contributed by atoms with E-state index in [1.54, 1.807) is 43.3 Å². The molecular formula is C33H38N4O4S. The molecule has 3 aromatic carbocycles. The Bertz CT molecular complexity index is 1480. The number of aliphatic hydroxyl groups excluding tert-OH is 1. The maximum Gasteiger partial charge on any atom is 0.253 e. The first kappa shape index (κ1) is 30.9. The van der Waals surface area contributed by atoms with Crippen molar-refractivity contribution in [2.45, 2.75) is 38.6 Å². The monoisotopic (exact) mass is 586 g/mol. The number of hydrogen-bond acceptors (Lipinski definition) is 7. The number of thiazole rings is 1. The first-order chi connectivity index (χ1) is 20.2. The Kier molecular flexibility index (Phi) is 10.8. The molecule has 2 N–H and O–H groups in total. The number of ether oxygens (including phenoxy) is 1. The van der Waals surface area contributed by atoms with Crippen LogP contribution in [-0.2, 0) is 19.5 Å². The topological polar surface area (TPSA) is 95.0 Å². The maximum atomic E-state index is 13.5. The number of amides is 2. The summed E-state index contributed by atoms with van der Waals surface area (Å²) in [6, 6.07) is 23.7. The molecule has 1 heterocycles. The van der Waals surface area contributed by atoms with Crippen LogP contribution in [0.3, 0.4) is 0 Å². The van der Waals surface area contributed by atoms with Crippen LogP contribution in [0.2, 0.25) is 0 Å². The van der Waals surface area contributed by atoms with Crippen LogP contribution < -0.4 is 10.1 Å². The average molecular weight is 587 g/mol. The molecule has 0 unspecified atom stereocenters. The second-order valence-corrected chi connectivity index (χ2v) is 11.5. The van der Waals surface area contributed by atoms with Gasteiger partial charge in [-0.05, 0) is 61.9 Å². The lowest BCUT2D eigenvalue weighted by molar-refractivity contribution is 0.0712. The first-order valence-corrected chi connectivity index (χ1v) is 14.7. The van der Waals surface area contributed by atoms with Gasteiger partial charge in [0.15, 0.2) is 0 Å². The van der Waals surface area contributed by atoms with Crippen LogP contribution in [0.5, 0.6) is 5.75 Å². The van der Waals surface area contributed by atoms with Gasteiger partial charge >= 0.3 is 0 Å². The summed E-state index contributed by atoms with van der Waals surface area (Å²) >= 11 is 1.51. The Labute approximate surface area is 251 Å². The molecule has 0 spiro atoms. The molecule has 1 aromatic heterocycles. The van der Waals surface area contributed by atoms with E-state index in [1.165, 1.54) is 11.3 Å². The number of aliphatic hydroxyl groups is 1. The van der Waals surface area contributed by atoms with Crippen molar-refractivity contribution < 1.29 is 19.4 Å². The molecule has 2 atom stereocenters. The van der Waals surface area contributed by atoms with E-state index < -0.39 is 12.1 Å². The smallest absolute Gasteiger partial charge is 0.253 e. The Morgan fingerprint density at radius 3 is 2.38 bits per heavy atom. The van der Waals surface area contributed by atoms with Gasteiger partial charge in [0.2, 0.25) is 0 Å². The molecule has 0 saturated carbocycles. The van der Waals surface area contributed by atoms with E-state index in [9.17, 15) is 14.7 Å². The van der Waals surface area contributed by atoms with Crippen LogP contribution in [0.15, 0.2) is 84.2 Å². The number of likely N-dealkylation sites (N-methyl/N-ethyl adjacent to an activating group) is 1. The van der Waals surface area contributed by atoms with Gasteiger partial charge in [-0.15, -0.1) is 11.3 Å². The lowest BCUT2D eigenvalue weighted by Gasteiger charge is -2.28. The van der Waals surface area contributed by atoms with E-state index in [4.69, 9.17) is 4.74 Å². The van der Waals surface area contributed by atoms with Crippen LogP contribution in [-0.4, -0.2) is 71.6 Å². The van der Waals surface area contributed by atoms with E-state index >= 15 is 0 Å². The molecule has 4 rings (SSSR count). The molecule has 0 fully saturated rings. The number of carbonyl (C=O) groups excluding carboxylic acids is 2. The van der Waals surface area contributed by atoms with Crippen molar-refractivity contribution in [2.75, 3.05) is 27.7 Å². The van der Waals surface area contributed by atoms with Gasteiger partial charge < -0.3 is 20.1 Å². The summed E-state index contributed by atoms with van der Waals surface area (Å²) in [5.41, 5.74) is 3.75. The molecule has 8 nitrogen and oxygen atoms in total. The summed E-state index contributed by atoms with van der Waals surface area (Å²) < 4.78 is 5.33. The molecule has 9 heteroatoms. The number of methoxy groups -OCH3 is 1. The third-order valence-corrected chi connectivity index (χ3v) is 7.87. The summed E-state index contributed by atoms with van der Waals surface area (Å²) in [6.07, 6.45) is -0.391. The molecule has 0 aliphatic rings. The van der Waals surface area contributed by atoms with Crippen molar-refractivity contribution in [3.63, 3.8) is 0 Å². The molecular weight excluding hydrogens is 548 g/mol. The summed E-state index contributed by atoms with van der Waals surface area (Å²) in [5.74, 6) is 0.233. The normalized spacial score (nSPS) is 12.5. The van der Waals surface area contributed by atoms with Gasteiger partial charge in [-0.2, -0.15) is 0 Å². The third-order valence-electron chi connectivity index (χ3n) is 6.92. The molecule has 4 aromatic rings. The van der Waals surface area contributed by atoms with Gasteiger partial charge in [-0.1, -0.05) is 48.5 Å². The zero-order chi connectivity index (χ0) is 30.1. The predicted molar refractivity (Wildman–Crippen MR) is 166 cm³/mol. The molecule has 220 valence electrons. The standard InChI is InChI=1S/C33H38N4O4S/c1-23-22-42-31(34-23)21-37(3)33(40)27-14-9-13-26(18-27)32(39)35-29(17-24-10-6-5-7-11-24)30(38)20-36(2)19-25-12-8-15-28(16-25)41-4/h5-16,18,22,29-30,38H,17,19-21H2,1-4H3,(H,35,39)/t29-,30+/m0/s1. The molecule has 0 aliphatic heterocycles. The van der Waals surface area contributed by atoms with Crippen LogP contribution in [0.1, 0.15) is 42.5 Å².